The second-order valence-electron chi connectivity index (χ2n) is 8.63. The summed E-state index contributed by atoms with van der Waals surface area (Å²) in [5, 5.41) is 0.853. The number of rotatable bonds is 3. The van der Waals surface area contributed by atoms with Gasteiger partial charge in [-0.2, -0.15) is 0 Å². The number of hydrogen-bond donors (Lipinski definition) is 0. The van der Waals surface area contributed by atoms with E-state index in [9.17, 15) is 13.2 Å². The third-order valence-electron chi connectivity index (χ3n) is 5.23. The molecule has 0 atom stereocenters. The largest absolute Gasteiger partial charge is 0.444 e. The van der Waals surface area contributed by atoms with E-state index in [1.807, 2.05) is 45.0 Å². The highest BCUT2D eigenvalue weighted by Crippen LogP contribution is 2.27. The van der Waals surface area contributed by atoms with Crippen LogP contribution in [-0.4, -0.2) is 55.2 Å². The molecule has 8 heteroatoms. The maximum Gasteiger partial charge on any atom is 0.410 e. The lowest BCUT2D eigenvalue weighted by Gasteiger charge is -2.36. The van der Waals surface area contributed by atoms with E-state index >= 15 is 0 Å². The lowest BCUT2D eigenvalue weighted by Crippen LogP contribution is -2.50. The Hall–Kier alpha value is -3.00. The molecule has 0 N–H and O–H groups in total. The average Bonchev–Trinajstić information content (AvgIpc) is 3.17. The van der Waals surface area contributed by atoms with Crippen molar-refractivity contribution in [3.8, 4) is 0 Å². The molecule has 164 valence electrons. The molecule has 0 spiro atoms. The molecule has 2 aromatic carbocycles. The zero-order valence-electron chi connectivity index (χ0n) is 18.0. The molecule has 0 unspecified atom stereocenters. The summed E-state index contributed by atoms with van der Waals surface area (Å²) in [6, 6.07) is 16.0. The van der Waals surface area contributed by atoms with Gasteiger partial charge in [0.05, 0.1) is 10.4 Å². The van der Waals surface area contributed by atoms with Crippen LogP contribution in [0.4, 0.5) is 10.5 Å². The van der Waals surface area contributed by atoms with Crippen LogP contribution in [0.15, 0.2) is 65.7 Å². The highest BCUT2D eigenvalue weighted by atomic mass is 32.2. The fraction of sp³-hybridized carbons (Fsp3) is 0.348. The smallest absolute Gasteiger partial charge is 0.410 e. The molecule has 0 aliphatic carbocycles. The standard InChI is InChI=1S/C23H27N3O4S/c1-23(2,3)30-22(27)25-15-13-24(14-16-25)19-9-10-21-18(17-19)11-12-26(21)31(28,29)20-7-5-4-6-8-20/h4-12,17H,13-16H2,1-3H3. The predicted octanol–water partition coefficient (Wildman–Crippen LogP) is 3.94. The van der Waals surface area contributed by atoms with Gasteiger partial charge in [0.25, 0.3) is 10.0 Å². The van der Waals surface area contributed by atoms with Crippen LogP contribution in [0.25, 0.3) is 10.9 Å². The SMILES string of the molecule is CC(C)(C)OC(=O)N1CCN(c2ccc3c(ccn3S(=O)(=O)c3ccccc3)c2)CC1. The Labute approximate surface area is 182 Å². The quantitative estimate of drug-likeness (QED) is 0.616. The van der Waals surface area contributed by atoms with Crippen LogP contribution >= 0.6 is 0 Å². The predicted molar refractivity (Wildman–Crippen MR) is 121 cm³/mol. The normalized spacial score (nSPS) is 15.3. The van der Waals surface area contributed by atoms with E-state index in [0.29, 0.717) is 31.7 Å². The monoisotopic (exact) mass is 441 g/mol. The molecular formula is C23H27N3O4S. The van der Waals surface area contributed by atoms with Gasteiger partial charge in [-0.1, -0.05) is 18.2 Å². The van der Waals surface area contributed by atoms with Crippen LogP contribution in [-0.2, 0) is 14.8 Å². The molecule has 4 rings (SSSR count). The van der Waals surface area contributed by atoms with Gasteiger partial charge in [0.15, 0.2) is 0 Å². The molecule has 1 aromatic heterocycles. The van der Waals surface area contributed by atoms with Crippen molar-refractivity contribution in [1.82, 2.24) is 8.87 Å². The average molecular weight is 442 g/mol. The maximum absolute atomic E-state index is 13.0. The molecule has 31 heavy (non-hydrogen) atoms. The van der Waals surface area contributed by atoms with Crippen LogP contribution in [0.3, 0.4) is 0 Å². The van der Waals surface area contributed by atoms with Crippen LogP contribution in [0, 0.1) is 0 Å². The van der Waals surface area contributed by atoms with Crippen LogP contribution in [0.2, 0.25) is 0 Å². The van der Waals surface area contributed by atoms with Gasteiger partial charge < -0.3 is 14.5 Å². The molecule has 1 aliphatic rings. The van der Waals surface area contributed by atoms with Gasteiger partial charge in [-0.25, -0.2) is 17.2 Å². The Morgan fingerprint density at radius 3 is 2.26 bits per heavy atom. The summed E-state index contributed by atoms with van der Waals surface area (Å²) in [6.07, 6.45) is 1.31. The first-order valence-corrected chi connectivity index (χ1v) is 11.7. The molecule has 0 saturated carbocycles. The molecule has 3 aromatic rings. The number of aromatic nitrogens is 1. The van der Waals surface area contributed by atoms with Crippen molar-refractivity contribution in [3.05, 3.63) is 60.8 Å². The minimum Gasteiger partial charge on any atom is -0.444 e. The Balaban J connectivity index is 1.51. The molecule has 1 fully saturated rings. The molecule has 1 aliphatic heterocycles. The van der Waals surface area contributed by atoms with E-state index in [4.69, 9.17) is 4.74 Å². The van der Waals surface area contributed by atoms with Gasteiger partial charge in [0.1, 0.15) is 5.60 Å². The van der Waals surface area contributed by atoms with Crippen LogP contribution < -0.4 is 4.90 Å². The Morgan fingerprint density at radius 2 is 1.61 bits per heavy atom. The zero-order chi connectivity index (χ0) is 22.2. The first kappa shape index (κ1) is 21.2. The van der Waals surface area contributed by atoms with Crippen molar-refractivity contribution in [2.24, 2.45) is 0 Å². The lowest BCUT2D eigenvalue weighted by molar-refractivity contribution is 0.0240. The number of carbonyl (C=O) groups is 1. The number of nitrogens with zero attached hydrogens (tertiary/aromatic N) is 3. The summed E-state index contributed by atoms with van der Waals surface area (Å²) in [6.45, 7) is 8.12. The molecule has 1 amide bonds. The fourth-order valence-corrected chi connectivity index (χ4v) is 5.06. The van der Waals surface area contributed by atoms with Gasteiger partial charge in [-0.05, 0) is 57.2 Å². The summed E-state index contributed by atoms with van der Waals surface area (Å²) in [5.74, 6) is 0. The molecular weight excluding hydrogens is 414 g/mol. The number of anilines is 1. The number of carbonyl (C=O) groups excluding carboxylic acids is 1. The van der Waals surface area contributed by atoms with E-state index in [1.54, 1.807) is 41.4 Å². The Bertz CT molecular complexity index is 1190. The lowest BCUT2D eigenvalue weighted by atomic mass is 10.2. The number of amides is 1. The highest BCUT2D eigenvalue weighted by molar-refractivity contribution is 7.90. The zero-order valence-corrected chi connectivity index (χ0v) is 18.8. The second kappa shape index (κ2) is 7.92. The van der Waals surface area contributed by atoms with E-state index in [-0.39, 0.29) is 11.0 Å². The molecule has 2 heterocycles. The van der Waals surface area contributed by atoms with Gasteiger partial charge >= 0.3 is 6.09 Å². The summed E-state index contributed by atoms with van der Waals surface area (Å²) >= 11 is 0. The summed E-state index contributed by atoms with van der Waals surface area (Å²) < 4.78 is 32.8. The number of ether oxygens (including phenoxy) is 1. The van der Waals surface area contributed by atoms with Crippen molar-refractivity contribution < 1.29 is 17.9 Å². The Kier molecular flexibility index (Phi) is 5.43. The van der Waals surface area contributed by atoms with Crippen molar-refractivity contribution in [3.63, 3.8) is 0 Å². The summed E-state index contributed by atoms with van der Waals surface area (Å²) in [4.78, 5) is 16.5. The van der Waals surface area contributed by atoms with Crippen molar-refractivity contribution in [2.75, 3.05) is 31.1 Å². The number of fused-ring (bicyclic) bond motifs is 1. The van der Waals surface area contributed by atoms with E-state index in [2.05, 4.69) is 4.90 Å². The van der Waals surface area contributed by atoms with Gasteiger partial charge in [0, 0.05) is 43.4 Å². The molecule has 7 nitrogen and oxygen atoms in total. The van der Waals surface area contributed by atoms with Crippen molar-refractivity contribution in [1.29, 1.82) is 0 Å². The number of benzene rings is 2. The third kappa shape index (κ3) is 4.39. The minimum absolute atomic E-state index is 0.259. The van der Waals surface area contributed by atoms with E-state index in [1.165, 1.54) is 3.97 Å². The van der Waals surface area contributed by atoms with Gasteiger partial charge in [-0.15, -0.1) is 0 Å². The number of hydrogen-bond acceptors (Lipinski definition) is 5. The van der Waals surface area contributed by atoms with Crippen LogP contribution in [0.1, 0.15) is 20.8 Å². The first-order valence-electron chi connectivity index (χ1n) is 10.3. The van der Waals surface area contributed by atoms with Gasteiger partial charge in [-0.3, -0.25) is 0 Å². The summed E-state index contributed by atoms with van der Waals surface area (Å²) in [7, 11) is -3.65. The minimum atomic E-state index is -3.65. The number of piperazine rings is 1. The van der Waals surface area contributed by atoms with Crippen LogP contribution in [0.5, 0.6) is 0 Å². The van der Waals surface area contributed by atoms with E-state index in [0.717, 1.165) is 11.1 Å². The summed E-state index contributed by atoms with van der Waals surface area (Å²) in [5.41, 5.74) is 1.14. The maximum atomic E-state index is 13.0. The second-order valence-corrected chi connectivity index (χ2v) is 10.4. The van der Waals surface area contributed by atoms with Crippen molar-refractivity contribution >= 4 is 32.7 Å². The highest BCUT2D eigenvalue weighted by Gasteiger charge is 2.26. The molecule has 0 bridgehead atoms. The molecule has 1 saturated heterocycles. The third-order valence-corrected chi connectivity index (χ3v) is 6.94. The molecule has 0 radical (unpaired) electrons. The topological polar surface area (TPSA) is 71.8 Å². The Morgan fingerprint density at radius 1 is 0.935 bits per heavy atom. The van der Waals surface area contributed by atoms with Gasteiger partial charge in [0.2, 0.25) is 0 Å². The first-order chi connectivity index (χ1) is 14.6. The van der Waals surface area contributed by atoms with Crippen molar-refractivity contribution in [2.45, 2.75) is 31.3 Å². The fourth-order valence-electron chi connectivity index (χ4n) is 3.69. The van der Waals surface area contributed by atoms with E-state index < -0.39 is 15.6 Å².